The van der Waals surface area contributed by atoms with Gasteiger partial charge in [0.2, 0.25) is 0 Å². The fourth-order valence-corrected chi connectivity index (χ4v) is 2.05. The summed E-state index contributed by atoms with van der Waals surface area (Å²) in [5.74, 6) is 1.66. The average molecular weight is 265 g/mol. The van der Waals surface area contributed by atoms with Gasteiger partial charge in [0.05, 0.1) is 13.2 Å². The zero-order valence-electron chi connectivity index (χ0n) is 12.4. The van der Waals surface area contributed by atoms with Crippen LogP contribution in [0, 0.1) is 0 Å². The van der Waals surface area contributed by atoms with Crippen molar-refractivity contribution in [2.75, 3.05) is 13.2 Å². The zero-order chi connectivity index (χ0) is 14.1. The number of hydrogen-bond acceptors (Lipinski definition) is 3. The summed E-state index contributed by atoms with van der Waals surface area (Å²) in [4.78, 5) is 0. The van der Waals surface area contributed by atoms with Crippen LogP contribution < -0.4 is 15.2 Å². The van der Waals surface area contributed by atoms with Crippen molar-refractivity contribution in [2.24, 2.45) is 5.73 Å². The molecule has 1 unspecified atom stereocenters. The second kappa shape index (κ2) is 8.81. The third-order valence-corrected chi connectivity index (χ3v) is 2.93. The van der Waals surface area contributed by atoms with Crippen LogP contribution in [0.3, 0.4) is 0 Å². The standard InChI is InChI=1S/C16H27NO2/c1-4-7-14(17)11-13-8-9-15(19-10-5-2)16(12-13)18-6-3/h8-9,12,14H,4-7,10-11,17H2,1-3H3. The van der Waals surface area contributed by atoms with E-state index in [0.29, 0.717) is 6.61 Å². The summed E-state index contributed by atoms with van der Waals surface area (Å²) in [5.41, 5.74) is 7.30. The molecule has 19 heavy (non-hydrogen) atoms. The first-order valence-electron chi connectivity index (χ1n) is 7.35. The summed E-state index contributed by atoms with van der Waals surface area (Å²) in [7, 11) is 0. The van der Waals surface area contributed by atoms with E-state index in [1.807, 2.05) is 13.0 Å². The molecular weight excluding hydrogens is 238 g/mol. The van der Waals surface area contributed by atoms with Crippen LogP contribution in [-0.2, 0) is 6.42 Å². The van der Waals surface area contributed by atoms with E-state index in [1.165, 1.54) is 5.56 Å². The molecule has 2 N–H and O–H groups in total. The molecule has 3 heteroatoms. The van der Waals surface area contributed by atoms with Crippen molar-refractivity contribution in [1.29, 1.82) is 0 Å². The van der Waals surface area contributed by atoms with Gasteiger partial charge in [-0.2, -0.15) is 0 Å². The lowest BCUT2D eigenvalue weighted by molar-refractivity contribution is 0.276. The van der Waals surface area contributed by atoms with Gasteiger partial charge >= 0.3 is 0 Å². The largest absolute Gasteiger partial charge is 0.490 e. The average Bonchev–Trinajstić information content (AvgIpc) is 2.38. The van der Waals surface area contributed by atoms with Gasteiger partial charge in [-0.15, -0.1) is 0 Å². The van der Waals surface area contributed by atoms with E-state index in [4.69, 9.17) is 15.2 Å². The molecule has 1 aromatic rings. The predicted molar refractivity (Wildman–Crippen MR) is 80.0 cm³/mol. The highest BCUT2D eigenvalue weighted by molar-refractivity contribution is 5.43. The second-order valence-electron chi connectivity index (χ2n) is 4.82. The van der Waals surface area contributed by atoms with Gasteiger partial charge in [-0.05, 0) is 43.9 Å². The summed E-state index contributed by atoms with van der Waals surface area (Å²) in [6, 6.07) is 6.36. The van der Waals surface area contributed by atoms with Crippen molar-refractivity contribution < 1.29 is 9.47 Å². The first-order valence-corrected chi connectivity index (χ1v) is 7.35. The molecule has 1 rings (SSSR count). The van der Waals surface area contributed by atoms with E-state index in [-0.39, 0.29) is 6.04 Å². The molecule has 0 saturated carbocycles. The van der Waals surface area contributed by atoms with Crippen LogP contribution >= 0.6 is 0 Å². The lowest BCUT2D eigenvalue weighted by Gasteiger charge is -2.15. The highest BCUT2D eigenvalue weighted by Gasteiger charge is 2.09. The summed E-state index contributed by atoms with van der Waals surface area (Å²) < 4.78 is 11.3. The Morgan fingerprint density at radius 2 is 1.84 bits per heavy atom. The van der Waals surface area contributed by atoms with Gasteiger partial charge < -0.3 is 15.2 Å². The van der Waals surface area contributed by atoms with E-state index in [2.05, 4.69) is 26.0 Å². The minimum absolute atomic E-state index is 0.224. The Hall–Kier alpha value is -1.22. The van der Waals surface area contributed by atoms with Crippen LogP contribution in [0.2, 0.25) is 0 Å². The van der Waals surface area contributed by atoms with E-state index in [0.717, 1.165) is 43.8 Å². The van der Waals surface area contributed by atoms with Crippen LogP contribution in [0.15, 0.2) is 18.2 Å². The van der Waals surface area contributed by atoms with E-state index in [9.17, 15) is 0 Å². The van der Waals surface area contributed by atoms with Crippen molar-refractivity contribution in [2.45, 2.75) is 52.5 Å². The van der Waals surface area contributed by atoms with Crippen molar-refractivity contribution in [1.82, 2.24) is 0 Å². The maximum atomic E-state index is 6.09. The molecule has 0 heterocycles. The number of benzene rings is 1. The topological polar surface area (TPSA) is 44.5 Å². The Bertz CT molecular complexity index is 366. The number of rotatable bonds is 9. The first kappa shape index (κ1) is 15.8. The second-order valence-corrected chi connectivity index (χ2v) is 4.82. The number of nitrogens with two attached hydrogens (primary N) is 1. The first-order chi connectivity index (χ1) is 9.21. The summed E-state index contributed by atoms with van der Waals surface area (Å²) in [6.07, 6.45) is 4.06. The fraction of sp³-hybridized carbons (Fsp3) is 0.625. The lowest BCUT2D eigenvalue weighted by atomic mass is 10.0. The fourth-order valence-electron chi connectivity index (χ4n) is 2.05. The van der Waals surface area contributed by atoms with Crippen LogP contribution in [-0.4, -0.2) is 19.3 Å². The summed E-state index contributed by atoms with van der Waals surface area (Å²) in [6.45, 7) is 7.60. The summed E-state index contributed by atoms with van der Waals surface area (Å²) in [5, 5.41) is 0. The van der Waals surface area contributed by atoms with Crippen molar-refractivity contribution in [3.8, 4) is 11.5 Å². The van der Waals surface area contributed by atoms with Crippen molar-refractivity contribution in [3.05, 3.63) is 23.8 Å². The molecule has 0 bridgehead atoms. The van der Waals surface area contributed by atoms with Gasteiger partial charge in [-0.1, -0.05) is 26.3 Å². The molecule has 0 fully saturated rings. The van der Waals surface area contributed by atoms with Crippen LogP contribution in [0.1, 0.15) is 45.6 Å². The van der Waals surface area contributed by atoms with Crippen LogP contribution in [0.25, 0.3) is 0 Å². The number of hydrogen-bond donors (Lipinski definition) is 1. The molecule has 0 spiro atoms. The smallest absolute Gasteiger partial charge is 0.161 e. The maximum Gasteiger partial charge on any atom is 0.161 e. The predicted octanol–water partition coefficient (Wildman–Crippen LogP) is 3.54. The van der Waals surface area contributed by atoms with Crippen LogP contribution in [0.5, 0.6) is 11.5 Å². The molecule has 3 nitrogen and oxygen atoms in total. The Kier molecular flexibility index (Phi) is 7.34. The SMILES string of the molecule is CCCOc1ccc(CC(N)CCC)cc1OCC. The molecule has 0 radical (unpaired) electrons. The van der Waals surface area contributed by atoms with Gasteiger partial charge in [0.15, 0.2) is 11.5 Å². The zero-order valence-corrected chi connectivity index (χ0v) is 12.4. The molecular formula is C16H27NO2. The minimum atomic E-state index is 0.224. The third kappa shape index (κ3) is 5.52. The van der Waals surface area contributed by atoms with Crippen molar-refractivity contribution >= 4 is 0 Å². The van der Waals surface area contributed by atoms with Gasteiger partial charge in [-0.25, -0.2) is 0 Å². The molecule has 108 valence electrons. The van der Waals surface area contributed by atoms with E-state index < -0.39 is 0 Å². The highest BCUT2D eigenvalue weighted by Crippen LogP contribution is 2.29. The Labute approximate surface area is 117 Å². The molecule has 0 amide bonds. The quantitative estimate of drug-likeness (QED) is 0.742. The highest BCUT2D eigenvalue weighted by atomic mass is 16.5. The molecule has 1 atom stereocenters. The van der Waals surface area contributed by atoms with Crippen molar-refractivity contribution in [3.63, 3.8) is 0 Å². The minimum Gasteiger partial charge on any atom is -0.490 e. The Morgan fingerprint density at radius 1 is 1.05 bits per heavy atom. The third-order valence-electron chi connectivity index (χ3n) is 2.93. The summed E-state index contributed by atoms with van der Waals surface area (Å²) >= 11 is 0. The van der Waals surface area contributed by atoms with Gasteiger partial charge in [0.1, 0.15) is 0 Å². The number of ether oxygens (including phenoxy) is 2. The Morgan fingerprint density at radius 3 is 2.47 bits per heavy atom. The van der Waals surface area contributed by atoms with E-state index in [1.54, 1.807) is 0 Å². The Balaban J connectivity index is 2.76. The maximum absolute atomic E-state index is 6.09. The van der Waals surface area contributed by atoms with E-state index >= 15 is 0 Å². The molecule has 0 saturated heterocycles. The molecule has 0 aliphatic rings. The lowest BCUT2D eigenvalue weighted by Crippen LogP contribution is -2.22. The van der Waals surface area contributed by atoms with Gasteiger partial charge in [-0.3, -0.25) is 0 Å². The molecule has 0 aliphatic heterocycles. The van der Waals surface area contributed by atoms with Gasteiger partial charge in [0, 0.05) is 6.04 Å². The van der Waals surface area contributed by atoms with Crippen LogP contribution in [0.4, 0.5) is 0 Å². The monoisotopic (exact) mass is 265 g/mol. The molecule has 0 aliphatic carbocycles. The molecule has 0 aromatic heterocycles. The molecule has 1 aromatic carbocycles. The van der Waals surface area contributed by atoms with Gasteiger partial charge in [0.25, 0.3) is 0 Å². The normalized spacial score (nSPS) is 12.2.